The number of hydrogen-bond donors (Lipinski definition) is 0. The maximum Gasteiger partial charge on any atom is 0.216 e. The highest BCUT2D eigenvalue weighted by Gasteiger charge is 2.14. The fourth-order valence-electron chi connectivity index (χ4n) is 2.72. The summed E-state index contributed by atoms with van der Waals surface area (Å²) in [5.41, 5.74) is 2.23. The normalized spacial score (nSPS) is 11.4. The SMILES string of the molecule is Cc1cnc(Cn2ncc3ncc(-c4ccc(F)c(C)c4F)cc32)o1. The van der Waals surface area contributed by atoms with Crippen LogP contribution in [0.2, 0.25) is 0 Å². The van der Waals surface area contributed by atoms with Gasteiger partial charge in [0.1, 0.15) is 29.5 Å². The summed E-state index contributed by atoms with van der Waals surface area (Å²) in [6.07, 6.45) is 4.82. The first kappa shape index (κ1) is 15.4. The minimum absolute atomic E-state index is 0.0126. The third kappa shape index (κ3) is 2.67. The van der Waals surface area contributed by atoms with Crippen molar-refractivity contribution in [3.05, 3.63) is 65.6 Å². The average Bonchev–Trinajstić information content (AvgIpc) is 3.19. The van der Waals surface area contributed by atoms with Crippen LogP contribution in [0.15, 0.2) is 41.2 Å². The van der Waals surface area contributed by atoms with E-state index in [9.17, 15) is 8.78 Å². The smallest absolute Gasteiger partial charge is 0.216 e. The van der Waals surface area contributed by atoms with Crippen LogP contribution in [0.4, 0.5) is 8.78 Å². The van der Waals surface area contributed by atoms with Gasteiger partial charge in [0.25, 0.3) is 0 Å². The second-order valence-corrected chi connectivity index (χ2v) is 5.83. The summed E-state index contributed by atoms with van der Waals surface area (Å²) in [7, 11) is 0. The number of fused-ring (bicyclic) bond motifs is 1. The summed E-state index contributed by atoms with van der Waals surface area (Å²) in [6.45, 7) is 3.57. The predicted molar refractivity (Wildman–Crippen MR) is 88.0 cm³/mol. The summed E-state index contributed by atoms with van der Waals surface area (Å²) in [4.78, 5) is 8.49. The van der Waals surface area contributed by atoms with Crippen molar-refractivity contribution < 1.29 is 13.2 Å². The third-order valence-electron chi connectivity index (χ3n) is 4.08. The molecule has 0 bridgehead atoms. The highest BCUT2D eigenvalue weighted by molar-refractivity contribution is 5.80. The van der Waals surface area contributed by atoms with Gasteiger partial charge in [-0.05, 0) is 32.0 Å². The molecule has 7 heteroatoms. The molecule has 0 saturated carbocycles. The Bertz CT molecular complexity index is 1080. The van der Waals surface area contributed by atoms with Crippen LogP contribution in [-0.4, -0.2) is 19.7 Å². The molecule has 0 spiro atoms. The Morgan fingerprint density at radius 1 is 1.08 bits per heavy atom. The van der Waals surface area contributed by atoms with Gasteiger partial charge in [0.05, 0.1) is 17.9 Å². The van der Waals surface area contributed by atoms with Crippen LogP contribution in [0.25, 0.3) is 22.2 Å². The largest absolute Gasteiger partial charge is 0.444 e. The zero-order valence-corrected chi connectivity index (χ0v) is 13.6. The number of halogens is 2. The Kier molecular flexibility index (Phi) is 3.56. The molecule has 0 saturated heterocycles. The first-order chi connectivity index (χ1) is 12.0. The predicted octanol–water partition coefficient (Wildman–Crippen LogP) is 4.03. The molecular weight excluding hydrogens is 326 g/mol. The number of pyridine rings is 1. The topological polar surface area (TPSA) is 56.7 Å². The fraction of sp³-hybridized carbons (Fsp3) is 0.167. The van der Waals surface area contributed by atoms with E-state index in [1.807, 2.05) is 6.92 Å². The standard InChI is InChI=1S/C18H14F2N4O/c1-10-6-22-17(25-10)9-24-16-5-12(7-21-15(16)8-23-24)13-3-4-14(19)11(2)18(13)20/h3-8H,9H2,1-2H3. The maximum atomic E-state index is 14.4. The molecule has 0 unspecified atom stereocenters. The Hall–Kier alpha value is -3.09. The molecule has 4 aromatic rings. The van der Waals surface area contributed by atoms with E-state index in [0.29, 0.717) is 34.8 Å². The quantitative estimate of drug-likeness (QED) is 0.565. The van der Waals surface area contributed by atoms with Crippen molar-refractivity contribution in [2.75, 3.05) is 0 Å². The van der Waals surface area contributed by atoms with Crippen molar-refractivity contribution in [1.82, 2.24) is 19.7 Å². The van der Waals surface area contributed by atoms with E-state index in [4.69, 9.17) is 4.42 Å². The van der Waals surface area contributed by atoms with Crippen LogP contribution in [0.3, 0.4) is 0 Å². The van der Waals surface area contributed by atoms with Crippen molar-refractivity contribution in [3.8, 4) is 11.1 Å². The average molecular weight is 340 g/mol. The number of hydrogen-bond acceptors (Lipinski definition) is 4. The fourth-order valence-corrected chi connectivity index (χ4v) is 2.72. The van der Waals surface area contributed by atoms with E-state index in [1.165, 1.54) is 19.1 Å². The van der Waals surface area contributed by atoms with Crippen LogP contribution in [0.1, 0.15) is 17.2 Å². The third-order valence-corrected chi connectivity index (χ3v) is 4.08. The molecule has 25 heavy (non-hydrogen) atoms. The molecule has 0 aliphatic heterocycles. The molecule has 1 aromatic carbocycles. The van der Waals surface area contributed by atoms with Gasteiger partial charge in [-0.15, -0.1) is 0 Å². The summed E-state index contributed by atoms with van der Waals surface area (Å²) in [5.74, 6) is 0.0842. The van der Waals surface area contributed by atoms with E-state index in [1.54, 1.807) is 29.3 Å². The van der Waals surface area contributed by atoms with E-state index >= 15 is 0 Å². The molecule has 0 N–H and O–H groups in total. The van der Waals surface area contributed by atoms with Gasteiger partial charge in [-0.2, -0.15) is 5.10 Å². The van der Waals surface area contributed by atoms with Gasteiger partial charge >= 0.3 is 0 Å². The highest BCUT2D eigenvalue weighted by atomic mass is 19.1. The van der Waals surface area contributed by atoms with E-state index < -0.39 is 11.6 Å². The zero-order valence-electron chi connectivity index (χ0n) is 13.6. The number of rotatable bonds is 3. The summed E-state index contributed by atoms with van der Waals surface area (Å²) in [6, 6.07) is 4.45. The molecule has 0 fully saturated rings. The summed E-state index contributed by atoms with van der Waals surface area (Å²) < 4.78 is 35.1. The lowest BCUT2D eigenvalue weighted by Gasteiger charge is -2.07. The second-order valence-electron chi connectivity index (χ2n) is 5.83. The number of benzene rings is 1. The number of nitrogens with zero attached hydrogens (tertiary/aromatic N) is 4. The van der Waals surface area contributed by atoms with Gasteiger partial charge in [-0.1, -0.05) is 0 Å². The molecule has 0 amide bonds. The van der Waals surface area contributed by atoms with Crippen molar-refractivity contribution in [1.29, 1.82) is 0 Å². The minimum Gasteiger partial charge on any atom is -0.444 e. The lowest BCUT2D eigenvalue weighted by molar-refractivity contribution is 0.450. The molecule has 0 radical (unpaired) electrons. The monoisotopic (exact) mass is 340 g/mol. The van der Waals surface area contributed by atoms with Crippen LogP contribution in [-0.2, 0) is 6.54 Å². The van der Waals surface area contributed by atoms with Gasteiger partial charge in [0, 0.05) is 22.9 Å². The van der Waals surface area contributed by atoms with E-state index in [-0.39, 0.29) is 5.56 Å². The lowest BCUT2D eigenvalue weighted by Crippen LogP contribution is -2.02. The molecule has 126 valence electrons. The molecule has 4 rings (SSSR count). The zero-order chi connectivity index (χ0) is 17.6. The van der Waals surface area contributed by atoms with Crippen molar-refractivity contribution in [3.63, 3.8) is 0 Å². The molecule has 0 aliphatic carbocycles. The van der Waals surface area contributed by atoms with Gasteiger partial charge in [0.15, 0.2) is 0 Å². The van der Waals surface area contributed by atoms with Crippen LogP contribution < -0.4 is 0 Å². The van der Waals surface area contributed by atoms with E-state index in [2.05, 4.69) is 15.1 Å². The van der Waals surface area contributed by atoms with Crippen LogP contribution >= 0.6 is 0 Å². The Balaban J connectivity index is 1.80. The minimum atomic E-state index is -0.587. The molecule has 3 heterocycles. The number of aryl methyl sites for hydroxylation is 1. The molecule has 0 atom stereocenters. The Morgan fingerprint density at radius 3 is 2.68 bits per heavy atom. The van der Waals surface area contributed by atoms with Crippen molar-refractivity contribution in [2.24, 2.45) is 0 Å². The van der Waals surface area contributed by atoms with Gasteiger partial charge in [-0.25, -0.2) is 13.8 Å². The summed E-state index contributed by atoms with van der Waals surface area (Å²) in [5, 5.41) is 4.29. The highest BCUT2D eigenvalue weighted by Crippen LogP contribution is 2.28. The lowest BCUT2D eigenvalue weighted by atomic mass is 10.0. The molecule has 0 aliphatic rings. The van der Waals surface area contributed by atoms with Crippen molar-refractivity contribution >= 4 is 11.0 Å². The maximum absolute atomic E-state index is 14.4. The Labute approximate surface area is 141 Å². The van der Waals surface area contributed by atoms with E-state index in [0.717, 1.165) is 5.52 Å². The van der Waals surface area contributed by atoms with Gasteiger partial charge < -0.3 is 4.42 Å². The molecular formula is C18H14F2N4O. The van der Waals surface area contributed by atoms with Crippen molar-refractivity contribution in [2.45, 2.75) is 20.4 Å². The van der Waals surface area contributed by atoms with Crippen LogP contribution in [0.5, 0.6) is 0 Å². The summed E-state index contributed by atoms with van der Waals surface area (Å²) >= 11 is 0. The molecule has 3 aromatic heterocycles. The first-order valence-electron chi connectivity index (χ1n) is 7.71. The van der Waals surface area contributed by atoms with Gasteiger partial charge in [0.2, 0.25) is 5.89 Å². The second kappa shape index (κ2) is 5.77. The first-order valence-corrected chi connectivity index (χ1v) is 7.71. The van der Waals surface area contributed by atoms with Crippen LogP contribution in [0, 0.1) is 25.5 Å². The number of oxazole rings is 1. The molecule has 5 nitrogen and oxygen atoms in total. The van der Waals surface area contributed by atoms with Gasteiger partial charge in [-0.3, -0.25) is 9.67 Å². The Morgan fingerprint density at radius 2 is 1.92 bits per heavy atom. The number of aromatic nitrogens is 4.